The summed E-state index contributed by atoms with van der Waals surface area (Å²) in [6, 6.07) is 4.86. The molecule has 0 spiro atoms. The van der Waals surface area contributed by atoms with E-state index in [9.17, 15) is 19.7 Å². The molecule has 0 aliphatic carbocycles. The SMILES string of the molecule is COC(=O)c1cc(OC(=O)c2ccc(OC)c([N+](=O)[O-])c2)nn1C. The van der Waals surface area contributed by atoms with Crippen molar-refractivity contribution in [2.24, 2.45) is 7.05 Å². The molecule has 2 aromatic rings. The average molecular weight is 335 g/mol. The summed E-state index contributed by atoms with van der Waals surface area (Å²) < 4.78 is 15.6. The lowest BCUT2D eigenvalue weighted by molar-refractivity contribution is -0.385. The van der Waals surface area contributed by atoms with Crippen molar-refractivity contribution in [2.45, 2.75) is 0 Å². The first-order chi connectivity index (χ1) is 11.4. The Labute approximate surface area is 135 Å². The molecule has 0 aliphatic heterocycles. The molecule has 0 amide bonds. The highest BCUT2D eigenvalue weighted by molar-refractivity contribution is 5.92. The number of hydrogen-bond acceptors (Lipinski definition) is 8. The van der Waals surface area contributed by atoms with Gasteiger partial charge in [-0.05, 0) is 12.1 Å². The zero-order chi connectivity index (χ0) is 17.9. The van der Waals surface area contributed by atoms with Crippen molar-refractivity contribution in [1.82, 2.24) is 9.78 Å². The lowest BCUT2D eigenvalue weighted by Crippen LogP contribution is -2.10. The number of hydrogen-bond donors (Lipinski definition) is 0. The summed E-state index contributed by atoms with van der Waals surface area (Å²) in [7, 11) is 3.96. The Morgan fingerprint density at radius 1 is 1.21 bits per heavy atom. The van der Waals surface area contributed by atoms with Gasteiger partial charge >= 0.3 is 17.6 Å². The number of carbonyl (C=O) groups is 2. The molecule has 10 nitrogen and oxygen atoms in total. The average Bonchev–Trinajstić information content (AvgIpc) is 2.93. The Kier molecular flexibility index (Phi) is 4.78. The van der Waals surface area contributed by atoms with Crippen LogP contribution in [0.3, 0.4) is 0 Å². The van der Waals surface area contributed by atoms with Crippen LogP contribution in [0.1, 0.15) is 20.8 Å². The normalized spacial score (nSPS) is 10.1. The van der Waals surface area contributed by atoms with Crippen molar-refractivity contribution in [2.75, 3.05) is 14.2 Å². The topological polar surface area (TPSA) is 123 Å². The number of nitro groups is 1. The molecule has 1 aromatic heterocycles. The van der Waals surface area contributed by atoms with E-state index in [1.54, 1.807) is 0 Å². The first-order valence-electron chi connectivity index (χ1n) is 6.54. The van der Waals surface area contributed by atoms with Crippen LogP contribution >= 0.6 is 0 Å². The molecule has 0 aliphatic rings. The van der Waals surface area contributed by atoms with E-state index in [4.69, 9.17) is 9.47 Å². The first-order valence-corrected chi connectivity index (χ1v) is 6.54. The van der Waals surface area contributed by atoms with Crippen LogP contribution in [0, 0.1) is 10.1 Å². The molecule has 126 valence electrons. The molecule has 0 atom stereocenters. The van der Waals surface area contributed by atoms with Gasteiger partial charge in [-0.25, -0.2) is 9.59 Å². The van der Waals surface area contributed by atoms with Crippen molar-refractivity contribution < 1.29 is 28.7 Å². The van der Waals surface area contributed by atoms with Crippen LogP contribution in [-0.2, 0) is 11.8 Å². The van der Waals surface area contributed by atoms with Gasteiger partial charge in [0.2, 0.25) is 5.88 Å². The zero-order valence-corrected chi connectivity index (χ0v) is 13.0. The predicted molar refractivity (Wildman–Crippen MR) is 79.2 cm³/mol. The smallest absolute Gasteiger partial charge is 0.356 e. The van der Waals surface area contributed by atoms with E-state index in [1.165, 1.54) is 44.1 Å². The highest BCUT2D eigenvalue weighted by Crippen LogP contribution is 2.28. The fourth-order valence-corrected chi connectivity index (χ4v) is 1.90. The van der Waals surface area contributed by atoms with Crippen LogP contribution in [0.5, 0.6) is 11.6 Å². The van der Waals surface area contributed by atoms with Crippen molar-refractivity contribution in [3.05, 3.63) is 45.6 Å². The molecular formula is C14H13N3O7. The number of ether oxygens (including phenoxy) is 3. The van der Waals surface area contributed by atoms with Crippen LogP contribution in [-0.4, -0.2) is 40.9 Å². The van der Waals surface area contributed by atoms with E-state index in [-0.39, 0.29) is 28.6 Å². The standard InChI is InChI=1S/C14H13N3O7/c1-16-10(14(19)23-3)7-12(15-16)24-13(18)8-4-5-11(22-2)9(6-8)17(20)21/h4-7H,1-3H3. The molecule has 1 heterocycles. The molecular weight excluding hydrogens is 322 g/mol. The largest absolute Gasteiger partial charge is 0.490 e. The van der Waals surface area contributed by atoms with Gasteiger partial charge in [0.05, 0.1) is 24.7 Å². The quantitative estimate of drug-likeness (QED) is 0.455. The first kappa shape index (κ1) is 16.9. The Hall–Kier alpha value is -3.43. The minimum absolute atomic E-state index is 0.0161. The lowest BCUT2D eigenvalue weighted by atomic mass is 10.2. The van der Waals surface area contributed by atoms with Crippen LogP contribution in [0.25, 0.3) is 0 Å². The van der Waals surface area contributed by atoms with Crippen LogP contribution in [0.4, 0.5) is 5.69 Å². The van der Waals surface area contributed by atoms with Crippen LogP contribution < -0.4 is 9.47 Å². The third kappa shape index (κ3) is 3.32. The maximum atomic E-state index is 12.1. The molecule has 0 radical (unpaired) electrons. The maximum Gasteiger partial charge on any atom is 0.356 e. The Balaban J connectivity index is 2.26. The number of carbonyl (C=O) groups excluding carboxylic acids is 2. The predicted octanol–water partition coefficient (Wildman–Crippen LogP) is 1.34. The van der Waals surface area contributed by atoms with Crippen LogP contribution in [0.2, 0.25) is 0 Å². The Morgan fingerprint density at radius 2 is 1.92 bits per heavy atom. The second-order valence-corrected chi connectivity index (χ2v) is 4.52. The zero-order valence-electron chi connectivity index (χ0n) is 13.0. The van der Waals surface area contributed by atoms with E-state index < -0.39 is 16.9 Å². The maximum absolute atomic E-state index is 12.1. The van der Waals surface area contributed by atoms with Crippen molar-refractivity contribution in [1.29, 1.82) is 0 Å². The third-order valence-electron chi connectivity index (χ3n) is 3.06. The highest BCUT2D eigenvalue weighted by atomic mass is 16.6. The van der Waals surface area contributed by atoms with Crippen molar-refractivity contribution >= 4 is 17.6 Å². The second-order valence-electron chi connectivity index (χ2n) is 4.52. The number of aromatic nitrogens is 2. The summed E-state index contributed by atoms with van der Waals surface area (Å²) >= 11 is 0. The Morgan fingerprint density at radius 3 is 2.50 bits per heavy atom. The van der Waals surface area contributed by atoms with Crippen LogP contribution in [0.15, 0.2) is 24.3 Å². The molecule has 2 rings (SSSR count). The lowest BCUT2D eigenvalue weighted by Gasteiger charge is -2.04. The number of aryl methyl sites for hydroxylation is 1. The number of benzene rings is 1. The summed E-state index contributed by atoms with van der Waals surface area (Å²) in [6.45, 7) is 0. The summed E-state index contributed by atoms with van der Waals surface area (Å²) in [5.74, 6) is -1.63. The van der Waals surface area contributed by atoms with Gasteiger partial charge in [-0.15, -0.1) is 5.10 Å². The molecule has 1 aromatic carbocycles. The number of esters is 2. The molecule has 0 bridgehead atoms. The number of nitro benzene ring substituents is 1. The summed E-state index contributed by atoms with van der Waals surface area (Å²) in [5, 5.41) is 14.8. The van der Waals surface area contributed by atoms with E-state index in [1.807, 2.05) is 0 Å². The van der Waals surface area contributed by atoms with Crippen molar-refractivity contribution in [3.63, 3.8) is 0 Å². The fourth-order valence-electron chi connectivity index (χ4n) is 1.90. The number of nitrogens with zero attached hydrogens (tertiary/aromatic N) is 3. The summed E-state index contributed by atoms with van der Waals surface area (Å²) in [5.41, 5.74) is -0.350. The molecule has 0 unspecified atom stereocenters. The van der Waals surface area contributed by atoms with E-state index >= 15 is 0 Å². The van der Waals surface area contributed by atoms with E-state index in [0.717, 1.165) is 6.07 Å². The van der Waals surface area contributed by atoms with E-state index in [2.05, 4.69) is 9.84 Å². The molecule has 0 saturated carbocycles. The molecule has 24 heavy (non-hydrogen) atoms. The van der Waals surface area contributed by atoms with Gasteiger partial charge in [0.15, 0.2) is 5.75 Å². The number of rotatable bonds is 5. The molecule has 10 heteroatoms. The molecule has 0 fully saturated rings. The van der Waals surface area contributed by atoms with Gasteiger partial charge in [0.25, 0.3) is 0 Å². The second kappa shape index (κ2) is 6.77. The molecule has 0 saturated heterocycles. The van der Waals surface area contributed by atoms with Gasteiger partial charge in [0, 0.05) is 19.2 Å². The Bertz CT molecular complexity index is 813. The molecule has 0 N–H and O–H groups in total. The van der Waals surface area contributed by atoms with Gasteiger partial charge in [-0.3, -0.25) is 14.8 Å². The third-order valence-corrected chi connectivity index (χ3v) is 3.06. The van der Waals surface area contributed by atoms with E-state index in [0.29, 0.717) is 0 Å². The minimum atomic E-state index is -0.865. The van der Waals surface area contributed by atoms with Gasteiger partial charge < -0.3 is 14.2 Å². The minimum Gasteiger partial charge on any atom is -0.490 e. The highest BCUT2D eigenvalue weighted by Gasteiger charge is 2.21. The monoisotopic (exact) mass is 335 g/mol. The van der Waals surface area contributed by atoms with Gasteiger partial charge in [0.1, 0.15) is 5.69 Å². The fraction of sp³-hybridized carbons (Fsp3) is 0.214. The van der Waals surface area contributed by atoms with Gasteiger partial charge in [-0.2, -0.15) is 0 Å². The number of methoxy groups -OCH3 is 2. The van der Waals surface area contributed by atoms with Gasteiger partial charge in [-0.1, -0.05) is 0 Å². The summed E-state index contributed by atoms with van der Waals surface area (Å²) in [4.78, 5) is 33.9. The van der Waals surface area contributed by atoms with Crippen molar-refractivity contribution in [3.8, 4) is 11.6 Å². The summed E-state index contributed by atoms with van der Waals surface area (Å²) in [6.07, 6.45) is 0.